The Kier molecular flexibility index (Phi) is 5.62. The molecule has 3 aromatic rings. The third-order valence-corrected chi connectivity index (χ3v) is 4.14. The van der Waals surface area contributed by atoms with Crippen molar-refractivity contribution in [1.29, 1.82) is 0 Å². The van der Waals surface area contributed by atoms with Gasteiger partial charge in [0.1, 0.15) is 5.82 Å². The number of aromatic nitrogens is 2. The maximum atomic E-state index is 4.55. The standard InChI is InChI=1S/C21H24N4/c1-16-8-10-18(11-9-16)12-14-22-21-23-15-13-20(25-21)24-17(2)19-6-4-3-5-7-19/h3-11,13,15,17H,12,14H2,1-2H3,(H2,22,23,24,25). The highest BCUT2D eigenvalue weighted by Gasteiger charge is 2.06. The number of nitrogens with one attached hydrogen (secondary N) is 2. The quantitative estimate of drug-likeness (QED) is 0.663. The smallest absolute Gasteiger partial charge is 0.224 e. The van der Waals surface area contributed by atoms with E-state index in [0.29, 0.717) is 5.95 Å². The minimum Gasteiger partial charge on any atom is -0.363 e. The van der Waals surface area contributed by atoms with Crippen molar-refractivity contribution in [2.45, 2.75) is 26.3 Å². The van der Waals surface area contributed by atoms with E-state index in [0.717, 1.165) is 18.8 Å². The monoisotopic (exact) mass is 332 g/mol. The van der Waals surface area contributed by atoms with E-state index in [-0.39, 0.29) is 6.04 Å². The van der Waals surface area contributed by atoms with Gasteiger partial charge in [-0.15, -0.1) is 0 Å². The van der Waals surface area contributed by atoms with Crippen LogP contribution < -0.4 is 10.6 Å². The number of rotatable bonds is 7. The second kappa shape index (κ2) is 8.29. The highest BCUT2D eigenvalue weighted by molar-refractivity contribution is 5.42. The molecule has 25 heavy (non-hydrogen) atoms. The Labute approximate surface area is 149 Å². The minimum atomic E-state index is 0.191. The van der Waals surface area contributed by atoms with E-state index >= 15 is 0 Å². The Morgan fingerprint density at radius 2 is 1.72 bits per heavy atom. The molecule has 0 radical (unpaired) electrons. The average molecular weight is 332 g/mol. The second-order valence-corrected chi connectivity index (χ2v) is 6.20. The summed E-state index contributed by atoms with van der Waals surface area (Å²) in [6, 6.07) is 21.0. The Morgan fingerprint density at radius 3 is 2.48 bits per heavy atom. The van der Waals surface area contributed by atoms with Gasteiger partial charge < -0.3 is 10.6 Å². The third kappa shape index (κ3) is 5.05. The van der Waals surface area contributed by atoms with Crippen LogP contribution in [-0.2, 0) is 6.42 Å². The van der Waals surface area contributed by atoms with E-state index in [4.69, 9.17) is 0 Å². The number of benzene rings is 2. The third-order valence-electron chi connectivity index (χ3n) is 4.14. The molecule has 0 bridgehead atoms. The minimum absolute atomic E-state index is 0.191. The lowest BCUT2D eigenvalue weighted by Gasteiger charge is -2.15. The number of hydrogen-bond acceptors (Lipinski definition) is 4. The highest BCUT2D eigenvalue weighted by Crippen LogP contribution is 2.17. The summed E-state index contributed by atoms with van der Waals surface area (Å²) in [5, 5.41) is 6.72. The first kappa shape index (κ1) is 17.0. The van der Waals surface area contributed by atoms with Crippen molar-refractivity contribution < 1.29 is 0 Å². The van der Waals surface area contributed by atoms with Crippen molar-refractivity contribution >= 4 is 11.8 Å². The lowest BCUT2D eigenvalue weighted by molar-refractivity contribution is 0.870. The van der Waals surface area contributed by atoms with Crippen LogP contribution in [0.1, 0.15) is 29.7 Å². The Hall–Kier alpha value is -2.88. The van der Waals surface area contributed by atoms with Crippen molar-refractivity contribution in [3.63, 3.8) is 0 Å². The van der Waals surface area contributed by atoms with Crippen LogP contribution in [0.5, 0.6) is 0 Å². The molecule has 2 aromatic carbocycles. The zero-order valence-corrected chi connectivity index (χ0v) is 14.7. The molecule has 1 unspecified atom stereocenters. The van der Waals surface area contributed by atoms with Gasteiger partial charge in [-0.05, 0) is 37.5 Å². The van der Waals surface area contributed by atoms with Gasteiger partial charge in [-0.3, -0.25) is 0 Å². The maximum Gasteiger partial charge on any atom is 0.224 e. The molecule has 0 spiro atoms. The van der Waals surface area contributed by atoms with Crippen LogP contribution in [0.4, 0.5) is 11.8 Å². The summed E-state index contributed by atoms with van der Waals surface area (Å²) in [5.74, 6) is 1.47. The van der Waals surface area contributed by atoms with Crippen LogP contribution >= 0.6 is 0 Å². The second-order valence-electron chi connectivity index (χ2n) is 6.20. The van der Waals surface area contributed by atoms with E-state index in [1.807, 2.05) is 24.3 Å². The molecule has 0 aliphatic carbocycles. The van der Waals surface area contributed by atoms with Crippen LogP contribution in [0.15, 0.2) is 66.9 Å². The van der Waals surface area contributed by atoms with Gasteiger partial charge in [-0.2, -0.15) is 4.98 Å². The number of aryl methyl sites for hydroxylation is 1. The Morgan fingerprint density at radius 1 is 0.960 bits per heavy atom. The van der Waals surface area contributed by atoms with E-state index in [2.05, 4.69) is 70.8 Å². The fraction of sp³-hybridized carbons (Fsp3) is 0.238. The van der Waals surface area contributed by atoms with Crippen molar-refractivity contribution in [2.75, 3.05) is 17.2 Å². The predicted octanol–water partition coefficient (Wildman–Crippen LogP) is 4.61. The van der Waals surface area contributed by atoms with Crippen LogP contribution in [0.3, 0.4) is 0 Å². The van der Waals surface area contributed by atoms with Gasteiger partial charge in [0.2, 0.25) is 5.95 Å². The molecule has 128 valence electrons. The van der Waals surface area contributed by atoms with E-state index < -0.39 is 0 Å². The van der Waals surface area contributed by atoms with Crippen LogP contribution in [-0.4, -0.2) is 16.5 Å². The molecule has 2 N–H and O–H groups in total. The topological polar surface area (TPSA) is 49.8 Å². The van der Waals surface area contributed by atoms with E-state index in [1.165, 1.54) is 16.7 Å². The van der Waals surface area contributed by atoms with E-state index in [1.54, 1.807) is 6.20 Å². The summed E-state index contributed by atoms with van der Waals surface area (Å²) in [6.07, 6.45) is 2.73. The Bertz CT molecular complexity index is 785. The summed E-state index contributed by atoms with van der Waals surface area (Å²) < 4.78 is 0. The zero-order chi connectivity index (χ0) is 17.5. The fourth-order valence-corrected chi connectivity index (χ4v) is 2.64. The highest BCUT2D eigenvalue weighted by atomic mass is 15.1. The molecule has 0 aliphatic heterocycles. The lowest BCUT2D eigenvalue weighted by atomic mass is 10.1. The summed E-state index contributed by atoms with van der Waals surface area (Å²) in [5.41, 5.74) is 3.83. The van der Waals surface area contributed by atoms with Gasteiger partial charge in [0.15, 0.2) is 0 Å². The van der Waals surface area contributed by atoms with Gasteiger partial charge >= 0.3 is 0 Å². The van der Waals surface area contributed by atoms with Crippen molar-refractivity contribution in [1.82, 2.24) is 9.97 Å². The molecule has 4 nitrogen and oxygen atoms in total. The predicted molar refractivity (Wildman–Crippen MR) is 104 cm³/mol. The SMILES string of the molecule is Cc1ccc(CCNc2nccc(NC(C)c3ccccc3)n2)cc1. The molecular weight excluding hydrogens is 308 g/mol. The van der Waals surface area contributed by atoms with Crippen molar-refractivity contribution in [3.05, 3.63) is 83.6 Å². The van der Waals surface area contributed by atoms with Crippen LogP contribution in [0.2, 0.25) is 0 Å². The molecule has 0 fully saturated rings. The van der Waals surface area contributed by atoms with Gasteiger partial charge in [-0.25, -0.2) is 4.98 Å². The lowest BCUT2D eigenvalue weighted by Crippen LogP contribution is -2.11. The molecular formula is C21H24N4. The number of anilines is 2. The van der Waals surface area contributed by atoms with Gasteiger partial charge in [-0.1, -0.05) is 60.2 Å². The largest absolute Gasteiger partial charge is 0.363 e. The summed E-state index contributed by atoms with van der Waals surface area (Å²) in [4.78, 5) is 8.85. The normalized spacial score (nSPS) is 11.8. The average Bonchev–Trinajstić information content (AvgIpc) is 2.64. The number of nitrogens with zero attached hydrogens (tertiary/aromatic N) is 2. The molecule has 1 atom stereocenters. The first-order chi connectivity index (χ1) is 12.2. The van der Waals surface area contributed by atoms with Crippen molar-refractivity contribution in [2.24, 2.45) is 0 Å². The summed E-state index contributed by atoms with van der Waals surface area (Å²) >= 11 is 0. The molecule has 3 rings (SSSR count). The molecule has 0 saturated heterocycles. The molecule has 0 saturated carbocycles. The van der Waals surface area contributed by atoms with Gasteiger partial charge in [0.05, 0.1) is 0 Å². The zero-order valence-electron chi connectivity index (χ0n) is 14.7. The molecule has 1 aromatic heterocycles. The molecule has 0 aliphatic rings. The first-order valence-corrected chi connectivity index (χ1v) is 8.64. The Balaban J connectivity index is 1.55. The summed E-state index contributed by atoms with van der Waals surface area (Å²) in [6.45, 7) is 5.04. The summed E-state index contributed by atoms with van der Waals surface area (Å²) in [7, 11) is 0. The van der Waals surface area contributed by atoms with Gasteiger partial charge in [0, 0.05) is 18.8 Å². The maximum absolute atomic E-state index is 4.55. The first-order valence-electron chi connectivity index (χ1n) is 8.64. The number of hydrogen-bond donors (Lipinski definition) is 2. The van der Waals surface area contributed by atoms with Crippen LogP contribution in [0, 0.1) is 6.92 Å². The van der Waals surface area contributed by atoms with Crippen LogP contribution in [0.25, 0.3) is 0 Å². The molecule has 1 heterocycles. The fourth-order valence-electron chi connectivity index (χ4n) is 2.64. The van der Waals surface area contributed by atoms with Gasteiger partial charge in [0.25, 0.3) is 0 Å². The van der Waals surface area contributed by atoms with Crippen molar-refractivity contribution in [3.8, 4) is 0 Å². The molecule has 0 amide bonds. The molecule has 4 heteroatoms. The van der Waals surface area contributed by atoms with E-state index in [9.17, 15) is 0 Å².